The number of amides is 1. The largest absolute Gasteiger partial charge is 0.338 e. The van der Waals surface area contributed by atoms with E-state index in [1.54, 1.807) is 6.20 Å². The van der Waals surface area contributed by atoms with Crippen LogP contribution in [0.15, 0.2) is 36.5 Å². The van der Waals surface area contributed by atoms with Crippen molar-refractivity contribution in [3.8, 4) is 0 Å². The molecule has 1 fully saturated rings. The first kappa shape index (κ1) is 15.7. The lowest BCUT2D eigenvalue weighted by atomic mass is 9.97. The number of rotatable bonds is 3. The van der Waals surface area contributed by atoms with Crippen molar-refractivity contribution in [2.24, 2.45) is 0 Å². The quantitative estimate of drug-likeness (QED) is 0.947. The van der Waals surface area contributed by atoms with Crippen LogP contribution in [0.3, 0.4) is 0 Å². The molecule has 5 heteroatoms. The third-order valence-electron chi connectivity index (χ3n) is 4.51. The van der Waals surface area contributed by atoms with E-state index in [0.29, 0.717) is 5.69 Å². The SMILES string of the molecule is Cc1ncc(C(=O)N2CCN(Cc3ccccc3)C(C)(C)C2)[nH]1. The number of imidazole rings is 1. The van der Waals surface area contributed by atoms with Crippen LogP contribution in [0.1, 0.15) is 35.7 Å². The molecule has 0 aliphatic carbocycles. The molecule has 1 aromatic heterocycles. The Hall–Kier alpha value is -2.14. The van der Waals surface area contributed by atoms with Crippen LogP contribution in [0.2, 0.25) is 0 Å². The van der Waals surface area contributed by atoms with E-state index in [4.69, 9.17) is 0 Å². The summed E-state index contributed by atoms with van der Waals surface area (Å²) in [5, 5.41) is 0. The number of piperazine rings is 1. The van der Waals surface area contributed by atoms with Crippen LogP contribution in [-0.4, -0.2) is 50.8 Å². The van der Waals surface area contributed by atoms with E-state index >= 15 is 0 Å². The second-order valence-electron chi connectivity index (χ2n) is 6.83. The molecule has 1 aliphatic rings. The molecular weight excluding hydrogens is 288 g/mol. The normalized spacial score (nSPS) is 18.1. The number of hydrogen-bond acceptors (Lipinski definition) is 3. The molecule has 0 saturated carbocycles. The van der Waals surface area contributed by atoms with Crippen LogP contribution in [0.4, 0.5) is 0 Å². The van der Waals surface area contributed by atoms with Gasteiger partial charge in [0.15, 0.2) is 0 Å². The molecule has 1 saturated heterocycles. The van der Waals surface area contributed by atoms with Gasteiger partial charge in [0, 0.05) is 31.7 Å². The summed E-state index contributed by atoms with van der Waals surface area (Å²) in [5.41, 5.74) is 1.83. The van der Waals surface area contributed by atoms with Crippen LogP contribution in [0.5, 0.6) is 0 Å². The predicted molar refractivity (Wildman–Crippen MR) is 90.2 cm³/mol. The average Bonchev–Trinajstić information content (AvgIpc) is 2.96. The maximum Gasteiger partial charge on any atom is 0.272 e. The van der Waals surface area contributed by atoms with Crippen molar-refractivity contribution in [2.75, 3.05) is 19.6 Å². The highest BCUT2D eigenvalue weighted by atomic mass is 16.2. The summed E-state index contributed by atoms with van der Waals surface area (Å²) in [5.74, 6) is 0.813. The lowest BCUT2D eigenvalue weighted by molar-refractivity contribution is 0.0136. The molecule has 0 radical (unpaired) electrons. The Morgan fingerprint density at radius 1 is 1.26 bits per heavy atom. The summed E-state index contributed by atoms with van der Waals surface area (Å²) in [4.78, 5) is 24.1. The first-order valence-electron chi connectivity index (χ1n) is 8.05. The van der Waals surface area contributed by atoms with Gasteiger partial charge >= 0.3 is 0 Å². The number of carbonyl (C=O) groups is 1. The standard InChI is InChI=1S/C18H24N4O/c1-14-19-11-16(20-14)17(23)21-9-10-22(18(2,3)13-21)12-15-7-5-4-6-8-15/h4-8,11H,9-10,12-13H2,1-3H3,(H,19,20). The molecule has 2 heterocycles. The van der Waals surface area contributed by atoms with Gasteiger partial charge in [-0.1, -0.05) is 30.3 Å². The zero-order chi connectivity index (χ0) is 16.4. The van der Waals surface area contributed by atoms with Crippen molar-refractivity contribution in [2.45, 2.75) is 32.9 Å². The fourth-order valence-electron chi connectivity index (χ4n) is 3.16. The number of benzene rings is 1. The molecule has 2 aromatic rings. The molecule has 0 bridgehead atoms. The fraction of sp³-hybridized carbons (Fsp3) is 0.444. The van der Waals surface area contributed by atoms with Crippen molar-refractivity contribution in [3.63, 3.8) is 0 Å². The van der Waals surface area contributed by atoms with Gasteiger partial charge < -0.3 is 9.88 Å². The minimum Gasteiger partial charge on any atom is -0.338 e. The highest BCUT2D eigenvalue weighted by Gasteiger charge is 2.36. The molecule has 0 atom stereocenters. The van der Waals surface area contributed by atoms with E-state index in [9.17, 15) is 4.79 Å². The predicted octanol–water partition coefficient (Wildman–Crippen LogP) is 2.45. The first-order valence-corrected chi connectivity index (χ1v) is 8.05. The highest BCUT2D eigenvalue weighted by molar-refractivity contribution is 5.92. The Kier molecular flexibility index (Phi) is 4.22. The van der Waals surface area contributed by atoms with E-state index in [1.165, 1.54) is 5.56 Å². The minimum atomic E-state index is -0.0567. The molecule has 3 rings (SSSR count). The molecule has 1 amide bonds. The number of aryl methyl sites for hydroxylation is 1. The van der Waals surface area contributed by atoms with Crippen LogP contribution >= 0.6 is 0 Å². The van der Waals surface area contributed by atoms with Gasteiger partial charge in [-0.25, -0.2) is 4.98 Å². The van der Waals surface area contributed by atoms with Crippen LogP contribution in [-0.2, 0) is 6.54 Å². The molecular formula is C18H24N4O. The summed E-state index contributed by atoms with van der Waals surface area (Å²) < 4.78 is 0. The maximum atomic E-state index is 12.6. The number of aromatic amines is 1. The summed E-state index contributed by atoms with van der Waals surface area (Å²) in [6.45, 7) is 9.52. The van der Waals surface area contributed by atoms with Crippen molar-refractivity contribution in [1.82, 2.24) is 19.8 Å². The summed E-state index contributed by atoms with van der Waals surface area (Å²) in [6, 6.07) is 10.5. The molecule has 0 spiro atoms. The van der Waals surface area contributed by atoms with Crippen LogP contribution in [0, 0.1) is 6.92 Å². The van der Waals surface area contributed by atoms with Gasteiger partial charge in [-0.2, -0.15) is 0 Å². The number of H-pyrrole nitrogens is 1. The van der Waals surface area contributed by atoms with E-state index in [0.717, 1.165) is 32.0 Å². The number of carbonyl (C=O) groups excluding carboxylic acids is 1. The molecule has 23 heavy (non-hydrogen) atoms. The van der Waals surface area contributed by atoms with Gasteiger partial charge in [-0.15, -0.1) is 0 Å². The molecule has 0 unspecified atom stereocenters. The Labute approximate surface area is 137 Å². The topological polar surface area (TPSA) is 52.2 Å². The van der Waals surface area contributed by atoms with Crippen LogP contribution < -0.4 is 0 Å². The lowest BCUT2D eigenvalue weighted by Gasteiger charge is -2.47. The second kappa shape index (κ2) is 6.16. The van der Waals surface area contributed by atoms with Gasteiger partial charge in [0.05, 0.1) is 6.20 Å². The van der Waals surface area contributed by atoms with Crippen LogP contribution in [0.25, 0.3) is 0 Å². The van der Waals surface area contributed by atoms with E-state index in [1.807, 2.05) is 17.9 Å². The highest BCUT2D eigenvalue weighted by Crippen LogP contribution is 2.24. The number of nitrogens with one attached hydrogen (secondary N) is 1. The van der Waals surface area contributed by atoms with E-state index < -0.39 is 0 Å². The first-order chi connectivity index (χ1) is 11.0. The zero-order valence-corrected chi connectivity index (χ0v) is 14.0. The third-order valence-corrected chi connectivity index (χ3v) is 4.51. The number of aromatic nitrogens is 2. The van der Waals surface area contributed by atoms with Gasteiger partial charge in [0.25, 0.3) is 5.91 Å². The monoisotopic (exact) mass is 312 g/mol. The van der Waals surface area contributed by atoms with Gasteiger partial charge in [0.2, 0.25) is 0 Å². The molecule has 1 aromatic carbocycles. The fourth-order valence-corrected chi connectivity index (χ4v) is 3.16. The third kappa shape index (κ3) is 3.45. The Balaban J connectivity index is 1.68. The molecule has 122 valence electrons. The van der Waals surface area contributed by atoms with Gasteiger partial charge in [0.1, 0.15) is 11.5 Å². The minimum absolute atomic E-state index is 0.0398. The Bertz CT molecular complexity index is 677. The van der Waals surface area contributed by atoms with Crippen molar-refractivity contribution in [3.05, 3.63) is 53.6 Å². The van der Waals surface area contributed by atoms with E-state index in [2.05, 4.69) is 53.0 Å². The zero-order valence-electron chi connectivity index (χ0n) is 14.0. The number of hydrogen-bond donors (Lipinski definition) is 1. The molecule has 5 nitrogen and oxygen atoms in total. The Morgan fingerprint density at radius 2 is 2.00 bits per heavy atom. The number of nitrogens with zero attached hydrogens (tertiary/aromatic N) is 3. The van der Waals surface area contributed by atoms with Gasteiger partial charge in [-0.3, -0.25) is 9.69 Å². The maximum absolute atomic E-state index is 12.6. The Morgan fingerprint density at radius 3 is 2.61 bits per heavy atom. The average molecular weight is 312 g/mol. The van der Waals surface area contributed by atoms with Crippen molar-refractivity contribution < 1.29 is 4.79 Å². The lowest BCUT2D eigenvalue weighted by Crippen LogP contribution is -2.60. The second-order valence-corrected chi connectivity index (χ2v) is 6.83. The summed E-state index contributed by atoms with van der Waals surface area (Å²) in [6.07, 6.45) is 1.63. The van der Waals surface area contributed by atoms with Crippen molar-refractivity contribution in [1.29, 1.82) is 0 Å². The molecule has 1 N–H and O–H groups in total. The summed E-state index contributed by atoms with van der Waals surface area (Å²) in [7, 11) is 0. The smallest absolute Gasteiger partial charge is 0.272 e. The van der Waals surface area contributed by atoms with E-state index in [-0.39, 0.29) is 11.4 Å². The summed E-state index contributed by atoms with van der Waals surface area (Å²) >= 11 is 0. The van der Waals surface area contributed by atoms with Crippen molar-refractivity contribution >= 4 is 5.91 Å². The molecule has 1 aliphatic heterocycles. The van der Waals surface area contributed by atoms with Gasteiger partial charge in [-0.05, 0) is 26.3 Å².